The number of aryl methyl sites for hydroxylation is 1. The minimum Gasteiger partial charge on any atom is -0.449 e. The summed E-state index contributed by atoms with van der Waals surface area (Å²) in [5.41, 5.74) is 3.39. The normalized spacial score (nSPS) is 15.5. The van der Waals surface area contributed by atoms with E-state index in [2.05, 4.69) is 26.7 Å². The highest BCUT2D eigenvalue weighted by Gasteiger charge is 2.27. The van der Waals surface area contributed by atoms with Crippen LogP contribution in [0.3, 0.4) is 0 Å². The highest BCUT2D eigenvalue weighted by Crippen LogP contribution is 2.39. The molecular formula is C25H27N5O3S2. The predicted octanol–water partition coefficient (Wildman–Crippen LogP) is 4.94. The topological polar surface area (TPSA) is 117 Å². The first-order chi connectivity index (χ1) is 16.9. The molecule has 1 aliphatic carbocycles. The van der Waals surface area contributed by atoms with Gasteiger partial charge in [0.25, 0.3) is 0 Å². The van der Waals surface area contributed by atoms with E-state index < -0.39 is 6.09 Å². The summed E-state index contributed by atoms with van der Waals surface area (Å²) in [4.78, 5) is 34.3. The second-order valence-corrected chi connectivity index (χ2v) is 10.8. The Balaban J connectivity index is 1.30. The Bertz CT molecular complexity index is 1230. The Morgan fingerprint density at radius 2 is 2.26 bits per heavy atom. The van der Waals surface area contributed by atoms with Crippen molar-refractivity contribution in [2.24, 2.45) is 5.92 Å². The minimum absolute atomic E-state index is 0.0241. The minimum atomic E-state index is -0.457. The van der Waals surface area contributed by atoms with Crippen LogP contribution in [0, 0.1) is 24.2 Å². The van der Waals surface area contributed by atoms with E-state index in [9.17, 15) is 14.9 Å². The number of fused-ring (bicyclic) bond motifs is 1. The molecule has 2 unspecified atom stereocenters. The lowest BCUT2D eigenvalue weighted by molar-refractivity contribution is -0.116. The molecule has 0 spiro atoms. The van der Waals surface area contributed by atoms with E-state index in [4.69, 9.17) is 4.74 Å². The van der Waals surface area contributed by atoms with Crippen molar-refractivity contribution in [1.29, 1.82) is 5.26 Å². The molecule has 0 saturated carbocycles. The van der Waals surface area contributed by atoms with Gasteiger partial charge < -0.3 is 15.4 Å². The maximum atomic E-state index is 12.7. The van der Waals surface area contributed by atoms with Gasteiger partial charge in [0.2, 0.25) is 5.91 Å². The van der Waals surface area contributed by atoms with Gasteiger partial charge in [-0.3, -0.25) is 9.78 Å². The maximum Gasteiger partial charge on any atom is 0.407 e. The number of thiophene rings is 1. The summed E-state index contributed by atoms with van der Waals surface area (Å²) >= 11 is 3.00. The lowest BCUT2D eigenvalue weighted by Gasteiger charge is -2.21. The number of carbonyl (C=O) groups is 2. The third-order valence-corrected chi connectivity index (χ3v) is 8.00. The van der Waals surface area contributed by atoms with Gasteiger partial charge in [-0.25, -0.2) is 9.78 Å². The van der Waals surface area contributed by atoms with Crippen LogP contribution < -0.4 is 10.6 Å². The monoisotopic (exact) mass is 509 g/mol. The number of nitrogens with zero attached hydrogens (tertiary/aromatic N) is 3. The summed E-state index contributed by atoms with van der Waals surface area (Å²) in [6.07, 6.45) is 5.60. The zero-order valence-electron chi connectivity index (χ0n) is 19.7. The second-order valence-electron chi connectivity index (χ2n) is 8.68. The van der Waals surface area contributed by atoms with Crippen molar-refractivity contribution in [1.82, 2.24) is 15.3 Å². The quantitative estimate of drug-likeness (QED) is 0.444. The van der Waals surface area contributed by atoms with Crippen LogP contribution in [0.5, 0.6) is 0 Å². The Labute approximate surface area is 212 Å². The number of alkyl carbamates (subject to hydrolysis) is 1. The van der Waals surface area contributed by atoms with E-state index in [-0.39, 0.29) is 17.7 Å². The number of carbonyl (C=O) groups excluding carboxylic acids is 2. The Hall–Kier alpha value is -3.29. The van der Waals surface area contributed by atoms with Gasteiger partial charge in [-0.15, -0.1) is 22.7 Å². The first kappa shape index (κ1) is 24.8. The van der Waals surface area contributed by atoms with Crippen molar-refractivity contribution in [2.75, 3.05) is 11.9 Å². The molecular weight excluding hydrogens is 482 g/mol. The van der Waals surface area contributed by atoms with E-state index in [0.717, 1.165) is 46.0 Å². The fourth-order valence-corrected chi connectivity index (χ4v) is 6.08. The first-order valence-electron chi connectivity index (χ1n) is 11.5. The molecule has 0 radical (unpaired) electrons. The van der Waals surface area contributed by atoms with Crippen molar-refractivity contribution in [3.63, 3.8) is 0 Å². The van der Waals surface area contributed by atoms with Gasteiger partial charge in [-0.1, -0.05) is 13.0 Å². The van der Waals surface area contributed by atoms with Gasteiger partial charge in [-0.05, 0) is 55.2 Å². The lowest BCUT2D eigenvalue weighted by atomic mass is 9.88. The van der Waals surface area contributed by atoms with Gasteiger partial charge in [0.15, 0.2) is 0 Å². The van der Waals surface area contributed by atoms with Crippen molar-refractivity contribution in [3.8, 4) is 6.07 Å². The number of amides is 2. The van der Waals surface area contributed by atoms with Crippen molar-refractivity contribution in [2.45, 2.75) is 52.0 Å². The van der Waals surface area contributed by atoms with Gasteiger partial charge >= 0.3 is 6.09 Å². The number of ether oxygens (including phenoxy) is 1. The van der Waals surface area contributed by atoms with E-state index in [1.54, 1.807) is 23.7 Å². The van der Waals surface area contributed by atoms with Crippen molar-refractivity contribution >= 4 is 39.7 Å². The molecule has 10 heteroatoms. The van der Waals surface area contributed by atoms with E-state index >= 15 is 0 Å². The molecule has 8 nitrogen and oxygen atoms in total. The number of rotatable bonds is 8. The number of hydrogen-bond donors (Lipinski definition) is 2. The molecule has 0 aliphatic heterocycles. The van der Waals surface area contributed by atoms with Gasteiger partial charge in [-0.2, -0.15) is 5.26 Å². The summed E-state index contributed by atoms with van der Waals surface area (Å²) in [5.74, 6) is 0.0773. The number of pyridine rings is 1. The SMILES string of the molecule is Cc1nc(CNC(=O)OCC2CCc3c(sc(NC(=O)CC(C)c4cccnc4)c3C#N)C2)cs1. The van der Waals surface area contributed by atoms with E-state index in [1.807, 2.05) is 31.4 Å². The molecule has 4 rings (SSSR count). The highest BCUT2D eigenvalue weighted by atomic mass is 32.1. The molecule has 1 aliphatic rings. The van der Waals surface area contributed by atoms with Crippen LogP contribution >= 0.6 is 22.7 Å². The molecule has 35 heavy (non-hydrogen) atoms. The van der Waals surface area contributed by atoms with Gasteiger partial charge in [0.05, 0.1) is 29.4 Å². The Morgan fingerprint density at radius 1 is 1.40 bits per heavy atom. The third kappa shape index (κ3) is 6.44. The summed E-state index contributed by atoms with van der Waals surface area (Å²) in [6, 6.07) is 6.09. The number of nitriles is 1. The van der Waals surface area contributed by atoms with Gasteiger partial charge in [0, 0.05) is 29.1 Å². The fraction of sp³-hybridized carbons (Fsp3) is 0.400. The van der Waals surface area contributed by atoms with Crippen LogP contribution in [0.25, 0.3) is 0 Å². The number of anilines is 1. The third-order valence-electron chi connectivity index (χ3n) is 6.01. The van der Waals surface area contributed by atoms with Crippen LogP contribution in [0.4, 0.5) is 9.80 Å². The van der Waals surface area contributed by atoms with Crippen LogP contribution in [-0.4, -0.2) is 28.6 Å². The van der Waals surface area contributed by atoms with Crippen LogP contribution in [0.2, 0.25) is 0 Å². The molecule has 0 aromatic carbocycles. The molecule has 3 heterocycles. The smallest absolute Gasteiger partial charge is 0.407 e. The van der Waals surface area contributed by atoms with Crippen LogP contribution in [-0.2, 0) is 28.9 Å². The van der Waals surface area contributed by atoms with E-state index in [1.165, 1.54) is 11.3 Å². The molecule has 2 N–H and O–H groups in total. The number of nitrogens with one attached hydrogen (secondary N) is 2. The molecule has 2 amide bonds. The largest absolute Gasteiger partial charge is 0.449 e. The van der Waals surface area contributed by atoms with Crippen molar-refractivity contribution < 1.29 is 14.3 Å². The summed E-state index contributed by atoms with van der Waals surface area (Å²) in [5, 5.41) is 18.9. The molecule has 182 valence electrons. The standard InChI is InChI=1S/C25H27N5O3S2/c1-15(18-4-3-7-27-11-18)8-23(31)30-24-21(10-26)20-6-5-17(9-22(20)35-24)13-33-25(32)28-12-19-14-34-16(2)29-19/h3-4,7,11,14-15,17H,5-6,8-9,12-13H2,1-2H3,(H,28,32)(H,30,31). The molecule has 2 atom stereocenters. The van der Waals surface area contributed by atoms with Crippen molar-refractivity contribution in [3.05, 3.63) is 62.2 Å². The molecule has 3 aromatic rings. The van der Waals surface area contributed by atoms with Crippen LogP contribution in [0.1, 0.15) is 58.0 Å². The average molecular weight is 510 g/mol. The summed E-state index contributed by atoms with van der Waals surface area (Å²) < 4.78 is 5.43. The zero-order chi connectivity index (χ0) is 24.8. The summed E-state index contributed by atoms with van der Waals surface area (Å²) in [6.45, 7) is 4.56. The summed E-state index contributed by atoms with van der Waals surface area (Å²) in [7, 11) is 0. The molecule has 0 bridgehead atoms. The first-order valence-corrected chi connectivity index (χ1v) is 13.2. The van der Waals surface area contributed by atoms with Gasteiger partial charge in [0.1, 0.15) is 11.1 Å². The predicted molar refractivity (Wildman–Crippen MR) is 135 cm³/mol. The number of thiazole rings is 1. The fourth-order valence-electron chi connectivity index (χ4n) is 4.14. The van der Waals surface area contributed by atoms with Crippen LogP contribution in [0.15, 0.2) is 29.9 Å². The maximum absolute atomic E-state index is 12.7. The molecule has 0 saturated heterocycles. The number of aromatic nitrogens is 2. The lowest BCUT2D eigenvalue weighted by Crippen LogP contribution is -2.27. The number of hydrogen-bond acceptors (Lipinski definition) is 8. The Morgan fingerprint density at radius 3 is 2.97 bits per heavy atom. The zero-order valence-corrected chi connectivity index (χ0v) is 21.3. The second kappa shape index (κ2) is 11.4. The van der Waals surface area contributed by atoms with E-state index in [0.29, 0.717) is 30.1 Å². The average Bonchev–Trinajstić information content (AvgIpc) is 3.43. The molecule has 3 aromatic heterocycles. The Kier molecular flexibility index (Phi) is 8.10. The highest BCUT2D eigenvalue weighted by molar-refractivity contribution is 7.16. The molecule has 0 fully saturated rings.